The predicted molar refractivity (Wildman–Crippen MR) is 52.3 cm³/mol. The molecule has 72 valence electrons. The second kappa shape index (κ2) is 10.4. The third-order valence-electron chi connectivity index (χ3n) is 1.23. The van der Waals surface area contributed by atoms with Gasteiger partial charge in [0, 0.05) is 0 Å². The van der Waals surface area contributed by atoms with E-state index in [1.54, 1.807) is 38.1 Å². The molecule has 0 aliphatic rings. The summed E-state index contributed by atoms with van der Waals surface area (Å²) >= 11 is 0. The average Bonchev–Trinajstić information content (AvgIpc) is 2.23. The predicted octanol–water partition coefficient (Wildman–Crippen LogP) is 2.50. The summed E-state index contributed by atoms with van der Waals surface area (Å²) in [5.41, 5.74) is 0.575. The summed E-state index contributed by atoms with van der Waals surface area (Å²) in [5.74, 6) is -0.276. The Hall–Kier alpha value is -0.687. The quantitative estimate of drug-likeness (QED) is 0.453. The monoisotopic (exact) mass is 242 g/mol. The molecule has 0 bridgehead atoms. The van der Waals surface area contributed by atoms with Gasteiger partial charge >= 0.3 is 25.4 Å². The Morgan fingerprint density at radius 3 is 2.36 bits per heavy atom. The number of benzene rings is 1. The maximum Gasteiger partial charge on any atom is 2.00 e. The first kappa shape index (κ1) is 15.8. The van der Waals surface area contributed by atoms with E-state index in [-0.39, 0.29) is 25.4 Å². The summed E-state index contributed by atoms with van der Waals surface area (Å²) < 4.78 is 4.78. The molecule has 0 spiro atoms. The molecule has 2 nitrogen and oxygen atoms in total. The Labute approximate surface area is 98.4 Å². The maximum atomic E-state index is 11.0. The van der Waals surface area contributed by atoms with Crippen LogP contribution in [0.2, 0.25) is 0 Å². The van der Waals surface area contributed by atoms with Crippen LogP contribution in [0.4, 0.5) is 0 Å². The van der Waals surface area contributed by atoms with E-state index >= 15 is 0 Å². The van der Waals surface area contributed by atoms with Gasteiger partial charge in [0.05, 0.1) is 6.61 Å². The minimum absolute atomic E-state index is 0. The number of esters is 1. The molecular formula is C11H14O2Zn. The molecule has 0 saturated heterocycles. The van der Waals surface area contributed by atoms with Gasteiger partial charge in [-0.05, 0) is 12.5 Å². The van der Waals surface area contributed by atoms with Crippen molar-refractivity contribution in [2.45, 2.75) is 13.8 Å². The van der Waals surface area contributed by atoms with Crippen LogP contribution in [0.15, 0.2) is 24.3 Å². The Morgan fingerprint density at radius 1 is 1.43 bits per heavy atom. The van der Waals surface area contributed by atoms with E-state index in [2.05, 4.69) is 13.0 Å². The molecule has 1 aromatic rings. The fourth-order valence-electron chi connectivity index (χ4n) is 0.737. The van der Waals surface area contributed by atoms with E-state index in [1.165, 1.54) is 0 Å². The Morgan fingerprint density at radius 2 is 1.93 bits per heavy atom. The summed E-state index contributed by atoms with van der Waals surface area (Å²) in [6, 6.07) is 9.55. The molecule has 0 N–H and O–H groups in total. The fraction of sp³-hybridized carbons (Fsp3) is 0.273. The van der Waals surface area contributed by atoms with Crippen LogP contribution >= 0.6 is 0 Å². The molecule has 0 saturated carbocycles. The van der Waals surface area contributed by atoms with Gasteiger partial charge in [-0.25, -0.2) is 4.79 Å². The third kappa shape index (κ3) is 5.87. The van der Waals surface area contributed by atoms with Crippen LogP contribution in [-0.4, -0.2) is 12.6 Å². The van der Waals surface area contributed by atoms with Gasteiger partial charge in [-0.15, -0.1) is 0 Å². The van der Waals surface area contributed by atoms with Crippen LogP contribution in [-0.2, 0) is 24.2 Å². The number of hydrogen-bond donors (Lipinski definition) is 0. The van der Waals surface area contributed by atoms with Crippen molar-refractivity contribution in [2.24, 2.45) is 0 Å². The summed E-state index contributed by atoms with van der Waals surface area (Å²) in [4.78, 5) is 11.0. The third-order valence-corrected chi connectivity index (χ3v) is 1.23. The van der Waals surface area contributed by atoms with Gasteiger partial charge in [-0.3, -0.25) is 0 Å². The molecule has 1 rings (SSSR count). The molecule has 0 aromatic heterocycles. The van der Waals surface area contributed by atoms with Crippen molar-refractivity contribution in [2.75, 3.05) is 6.61 Å². The zero-order valence-corrected chi connectivity index (χ0v) is 11.7. The number of ether oxygens (including phenoxy) is 1. The van der Waals surface area contributed by atoms with Crippen LogP contribution in [0, 0.1) is 13.0 Å². The van der Waals surface area contributed by atoms with Gasteiger partial charge in [-0.2, -0.15) is 37.3 Å². The molecule has 0 amide bonds. The van der Waals surface area contributed by atoms with Gasteiger partial charge in [0.2, 0.25) is 0 Å². The second-order valence-electron chi connectivity index (χ2n) is 2.01. The zero-order chi connectivity index (χ0) is 10.1. The van der Waals surface area contributed by atoms with E-state index in [9.17, 15) is 4.79 Å². The molecule has 0 fully saturated rings. The van der Waals surface area contributed by atoms with Crippen molar-refractivity contribution >= 4 is 5.97 Å². The molecule has 0 unspecified atom stereocenters. The molecule has 0 atom stereocenters. The first-order valence-electron chi connectivity index (χ1n) is 4.18. The standard InChI is InChI=1S/C9H9O2.C2H5.Zn/c1-2-11-9(10)8-6-4-3-5-7-8;1-2;/h4-7H,2H2,1H3;1H2,2H3;/q2*-1;+2. The molecule has 0 aliphatic heterocycles. The number of carbonyl (C=O) groups is 1. The topological polar surface area (TPSA) is 26.3 Å². The molecule has 3 heteroatoms. The van der Waals surface area contributed by atoms with E-state index < -0.39 is 0 Å². The van der Waals surface area contributed by atoms with Crippen molar-refractivity contribution < 1.29 is 29.0 Å². The van der Waals surface area contributed by atoms with Gasteiger partial charge in [0.25, 0.3) is 0 Å². The molecule has 0 radical (unpaired) electrons. The smallest absolute Gasteiger partial charge is 0.464 e. The van der Waals surface area contributed by atoms with E-state index in [1.807, 2.05) is 0 Å². The van der Waals surface area contributed by atoms with Crippen LogP contribution in [0.1, 0.15) is 24.2 Å². The molecule has 1 aromatic carbocycles. The first-order chi connectivity index (χ1) is 6.34. The van der Waals surface area contributed by atoms with Crippen molar-refractivity contribution in [1.82, 2.24) is 0 Å². The maximum absolute atomic E-state index is 11.0. The average molecular weight is 244 g/mol. The molecular weight excluding hydrogens is 230 g/mol. The summed E-state index contributed by atoms with van der Waals surface area (Å²) in [6.45, 7) is 7.20. The zero-order valence-electron chi connectivity index (χ0n) is 8.75. The fourth-order valence-corrected chi connectivity index (χ4v) is 0.737. The van der Waals surface area contributed by atoms with Gasteiger partial charge in [0.15, 0.2) is 0 Å². The van der Waals surface area contributed by atoms with Crippen molar-refractivity contribution in [3.63, 3.8) is 0 Å². The van der Waals surface area contributed by atoms with Gasteiger partial charge < -0.3 is 11.7 Å². The SMILES string of the molecule is CCOC(=O)c1cc[c-]cc1.[CH2-]C.[Zn+2]. The normalized spacial score (nSPS) is 7.64. The van der Waals surface area contributed by atoms with E-state index in [0.717, 1.165) is 0 Å². The summed E-state index contributed by atoms with van der Waals surface area (Å²) in [6.07, 6.45) is 0. The van der Waals surface area contributed by atoms with Crippen LogP contribution in [0.25, 0.3) is 0 Å². The van der Waals surface area contributed by atoms with E-state index in [0.29, 0.717) is 12.2 Å². The second-order valence-corrected chi connectivity index (χ2v) is 2.01. The molecule has 0 heterocycles. The van der Waals surface area contributed by atoms with E-state index in [4.69, 9.17) is 4.74 Å². The van der Waals surface area contributed by atoms with Gasteiger partial charge in [-0.1, -0.05) is 0 Å². The Balaban J connectivity index is 0. The minimum Gasteiger partial charge on any atom is -0.464 e. The van der Waals surface area contributed by atoms with Crippen molar-refractivity contribution in [3.05, 3.63) is 42.8 Å². The van der Waals surface area contributed by atoms with Gasteiger partial charge in [0.1, 0.15) is 0 Å². The molecule has 14 heavy (non-hydrogen) atoms. The first-order valence-corrected chi connectivity index (χ1v) is 4.18. The van der Waals surface area contributed by atoms with Crippen LogP contribution in [0.5, 0.6) is 0 Å². The number of carbonyl (C=O) groups excluding carboxylic acids is 1. The number of hydrogen-bond acceptors (Lipinski definition) is 2. The minimum atomic E-state index is -0.276. The van der Waals surface area contributed by atoms with Crippen molar-refractivity contribution in [1.29, 1.82) is 0 Å². The van der Waals surface area contributed by atoms with Crippen LogP contribution in [0.3, 0.4) is 0 Å². The summed E-state index contributed by atoms with van der Waals surface area (Å²) in [5, 5.41) is 0. The van der Waals surface area contributed by atoms with Crippen molar-refractivity contribution in [3.8, 4) is 0 Å². The number of rotatable bonds is 2. The Bertz CT molecular complexity index is 234. The summed E-state index contributed by atoms with van der Waals surface area (Å²) in [7, 11) is 0. The largest absolute Gasteiger partial charge is 2.00 e. The van der Waals surface area contributed by atoms with Crippen LogP contribution < -0.4 is 0 Å². The Kier molecular flexibility index (Phi) is 11.7. The molecule has 0 aliphatic carbocycles.